The summed E-state index contributed by atoms with van der Waals surface area (Å²) in [6, 6.07) is 14.6. The molecule has 3 nitrogen and oxygen atoms in total. The maximum Gasteiger partial charge on any atom is 0.252 e. The van der Waals surface area contributed by atoms with E-state index < -0.39 is 0 Å². The zero-order chi connectivity index (χ0) is 17.1. The van der Waals surface area contributed by atoms with Crippen LogP contribution in [0.25, 0.3) is 0 Å². The Morgan fingerprint density at radius 1 is 1.29 bits per heavy atom. The molecule has 0 spiro atoms. The van der Waals surface area contributed by atoms with Gasteiger partial charge in [0.25, 0.3) is 5.91 Å². The molecule has 24 heavy (non-hydrogen) atoms. The third kappa shape index (κ3) is 3.57. The van der Waals surface area contributed by atoms with Gasteiger partial charge in [-0.05, 0) is 56.0 Å². The topological polar surface area (TPSA) is 32.3 Å². The van der Waals surface area contributed by atoms with E-state index >= 15 is 0 Å². The molecule has 0 aromatic heterocycles. The number of anilines is 1. The molecule has 0 saturated carbocycles. The second kappa shape index (κ2) is 7.27. The number of nitrogens with zero attached hydrogens (tertiary/aromatic N) is 1. The number of carbonyl (C=O) groups excluding carboxylic acids is 1. The number of amides is 1. The molecule has 1 N–H and O–H groups in total. The van der Waals surface area contributed by atoms with E-state index in [1.165, 1.54) is 11.3 Å². The van der Waals surface area contributed by atoms with Gasteiger partial charge in [-0.3, -0.25) is 4.79 Å². The van der Waals surface area contributed by atoms with Crippen molar-refractivity contribution in [3.63, 3.8) is 0 Å². The summed E-state index contributed by atoms with van der Waals surface area (Å²) in [5, 5.41) is 3.48. The van der Waals surface area contributed by atoms with Crippen LogP contribution in [0.2, 0.25) is 5.02 Å². The first-order valence-corrected chi connectivity index (χ1v) is 8.83. The molecule has 1 aliphatic rings. The van der Waals surface area contributed by atoms with E-state index in [1.807, 2.05) is 19.1 Å². The number of hydrogen-bond acceptors (Lipinski definition) is 2. The normalized spacial score (nSPS) is 16.1. The summed E-state index contributed by atoms with van der Waals surface area (Å²) in [6.07, 6.45) is 2.01. The summed E-state index contributed by atoms with van der Waals surface area (Å²) in [7, 11) is 0. The van der Waals surface area contributed by atoms with Crippen molar-refractivity contribution in [1.82, 2.24) is 5.32 Å². The number of rotatable bonds is 5. The first-order chi connectivity index (χ1) is 11.6. The van der Waals surface area contributed by atoms with Crippen molar-refractivity contribution < 1.29 is 4.79 Å². The average Bonchev–Trinajstić information content (AvgIpc) is 2.87. The van der Waals surface area contributed by atoms with Gasteiger partial charge in [0.2, 0.25) is 0 Å². The lowest BCUT2D eigenvalue weighted by Gasteiger charge is -2.25. The zero-order valence-corrected chi connectivity index (χ0v) is 14.9. The molecule has 0 fully saturated rings. The Morgan fingerprint density at radius 2 is 2.08 bits per heavy atom. The molecular weight excluding hydrogens is 320 g/mol. The van der Waals surface area contributed by atoms with Gasteiger partial charge in [0.1, 0.15) is 0 Å². The number of halogens is 1. The molecule has 0 unspecified atom stereocenters. The minimum Gasteiger partial charge on any atom is -0.368 e. The van der Waals surface area contributed by atoms with E-state index in [4.69, 9.17) is 11.6 Å². The van der Waals surface area contributed by atoms with E-state index in [9.17, 15) is 4.79 Å². The number of benzene rings is 2. The summed E-state index contributed by atoms with van der Waals surface area (Å²) in [4.78, 5) is 14.7. The molecule has 1 heterocycles. The fraction of sp³-hybridized carbons (Fsp3) is 0.350. The number of nitrogens with one attached hydrogen (secondary N) is 1. The minimum absolute atomic E-state index is 0.102. The Hall–Kier alpha value is -2.00. The quantitative estimate of drug-likeness (QED) is 0.825. The fourth-order valence-electron chi connectivity index (χ4n) is 3.32. The van der Waals surface area contributed by atoms with Crippen LogP contribution in [0.3, 0.4) is 0 Å². The van der Waals surface area contributed by atoms with E-state index in [-0.39, 0.29) is 5.91 Å². The monoisotopic (exact) mass is 342 g/mol. The van der Waals surface area contributed by atoms with Gasteiger partial charge in [-0.2, -0.15) is 0 Å². The first-order valence-electron chi connectivity index (χ1n) is 8.45. The van der Waals surface area contributed by atoms with Crippen molar-refractivity contribution >= 4 is 23.2 Å². The Labute approximate surface area is 148 Å². The minimum atomic E-state index is -0.102. The first kappa shape index (κ1) is 16.8. The van der Waals surface area contributed by atoms with Gasteiger partial charge in [0.15, 0.2) is 0 Å². The largest absolute Gasteiger partial charge is 0.368 e. The highest BCUT2D eigenvalue weighted by Gasteiger charge is 2.24. The van der Waals surface area contributed by atoms with Gasteiger partial charge in [-0.1, -0.05) is 35.9 Å². The lowest BCUT2D eigenvalue weighted by molar-refractivity contribution is 0.0953. The second-order valence-corrected chi connectivity index (χ2v) is 6.88. The van der Waals surface area contributed by atoms with Crippen molar-refractivity contribution in [3.05, 3.63) is 64.2 Å². The van der Waals surface area contributed by atoms with Crippen LogP contribution < -0.4 is 10.2 Å². The van der Waals surface area contributed by atoms with Crippen LogP contribution in [0.4, 0.5) is 5.69 Å². The molecule has 0 saturated heterocycles. The van der Waals surface area contributed by atoms with Gasteiger partial charge in [-0.15, -0.1) is 0 Å². The van der Waals surface area contributed by atoms with Gasteiger partial charge in [-0.25, -0.2) is 0 Å². The summed E-state index contributed by atoms with van der Waals surface area (Å²) in [5.74, 6) is -0.102. The highest BCUT2D eigenvalue weighted by Crippen LogP contribution is 2.31. The molecule has 4 heteroatoms. The lowest BCUT2D eigenvalue weighted by Crippen LogP contribution is -2.33. The van der Waals surface area contributed by atoms with Gasteiger partial charge >= 0.3 is 0 Å². The molecule has 3 rings (SSSR count). The maximum atomic E-state index is 12.2. The third-order valence-corrected chi connectivity index (χ3v) is 4.89. The fourth-order valence-corrected chi connectivity index (χ4v) is 3.64. The van der Waals surface area contributed by atoms with Crippen LogP contribution in [-0.2, 0) is 6.42 Å². The highest BCUT2D eigenvalue weighted by molar-refractivity contribution is 6.33. The highest BCUT2D eigenvalue weighted by atomic mass is 35.5. The van der Waals surface area contributed by atoms with E-state index in [1.54, 1.807) is 6.07 Å². The van der Waals surface area contributed by atoms with Crippen molar-refractivity contribution in [2.24, 2.45) is 0 Å². The average molecular weight is 343 g/mol. The molecule has 126 valence electrons. The van der Waals surface area contributed by atoms with Crippen LogP contribution in [0.15, 0.2) is 42.5 Å². The van der Waals surface area contributed by atoms with Gasteiger partial charge in [0.05, 0.1) is 10.6 Å². The van der Waals surface area contributed by atoms with E-state index in [0.717, 1.165) is 24.9 Å². The predicted molar refractivity (Wildman–Crippen MR) is 100 cm³/mol. The second-order valence-electron chi connectivity index (χ2n) is 6.47. The summed E-state index contributed by atoms with van der Waals surface area (Å²) in [5.41, 5.74) is 4.35. The van der Waals surface area contributed by atoms with E-state index in [2.05, 4.69) is 41.4 Å². The van der Waals surface area contributed by atoms with Crippen LogP contribution in [-0.4, -0.2) is 25.0 Å². The Kier molecular flexibility index (Phi) is 5.10. The lowest BCUT2D eigenvalue weighted by atomic mass is 10.1. The smallest absolute Gasteiger partial charge is 0.252 e. The molecule has 2 aromatic rings. The number of hydrogen-bond donors (Lipinski definition) is 1. The van der Waals surface area contributed by atoms with Gasteiger partial charge < -0.3 is 10.2 Å². The van der Waals surface area contributed by atoms with Crippen molar-refractivity contribution in [2.75, 3.05) is 18.0 Å². The molecule has 0 bridgehead atoms. The summed E-state index contributed by atoms with van der Waals surface area (Å²) in [6.45, 7) is 5.81. The molecular formula is C20H23ClN2O. The molecule has 1 atom stereocenters. The van der Waals surface area contributed by atoms with Gasteiger partial charge in [0, 0.05) is 24.8 Å². The van der Waals surface area contributed by atoms with Crippen LogP contribution in [0.1, 0.15) is 34.8 Å². The van der Waals surface area contributed by atoms with Crippen molar-refractivity contribution in [2.45, 2.75) is 32.7 Å². The number of fused-ring (bicyclic) bond motifs is 1. The molecule has 0 aliphatic carbocycles. The number of carbonyl (C=O) groups is 1. The predicted octanol–water partition coefficient (Wildman–Crippen LogP) is 4.22. The number of para-hydroxylation sites is 1. The summed E-state index contributed by atoms with van der Waals surface area (Å²) >= 11 is 6.15. The third-order valence-electron chi connectivity index (χ3n) is 4.58. The van der Waals surface area contributed by atoms with Crippen LogP contribution in [0, 0.1) is 6.92 Å². The van der Waals surface area contributed by atoms with Crippen LogP contribution >= 0.6 is 11.6 Å². The molecule has 1 amide bonds. The Bertz CT molecular complexity index is 744. The van der Waals surface area contributed by atoms with Crippen LogP contribution in [0.5, 0.6) is 0 Å². The molecule has 0 radical (unpaired) electrons. The Morgan fingerprint density at radius 3 is 2.88 bits per heavy atom. The SMILES string of the molecule is Cc1ccc(C(=O)NCCCN2c3ccccc3C[C@H]2C)c(Cl)c1. The van der Waals surface area contributed by atoms with Crippen molar-refractivity contribution in [1.29, 1.82) is 0 Å². The number of aryl methyl sites for hydroxylation is 1. The van der Waals surface area contributed by atoms with Crippen molar-refractivity contribution in [3.8, 4) is 0 Å². The standard InChI is InChI=1S/C20H23ClN2O/c1-14-8-9-17(18(21)12-14)20(24)22-10-5-11-23-15(2)13-16-6-3-4-7-19(16)23/h3-4,6-9,12,15H,5,10-11,13H2,1-2H3,(H,22,24)/t15-/m1/s1. The maximum absolute atomic E-state index is 12.2. The summed E-state index contributed by atoms with van der Waals surface area (Å²) < 4.78 is 0. The molecule has 1 aliphatic heterocycles. The van der Waals surface area contributed by atoms with E-state index in [0.29, 0.717) is 23.2 Å². The zero-order valence-electron chi connectivity index (χ0n) is 14.2. The Balaban J connectivity index is 1.51. The molecule has 2 aromatic carbocycles.